The van der Waals surface area contributed by atoms with Crippen molar-refractivity contribution in [1.82, 2.24) is 0 Å². The number of hydrogen-bond acceptors (Lipinski definition) is 2. The molecule has 94 valence electrons. The molecule has 0 aliphatic heterocycles. The standard InChI is InChI=1S/C16H18O2/c1-4-9-13(3)15(16(17)18-5-2)12-14-10-7-6-8-11-14/h4,6-12H,3,5H2,1-2H3/b9-4+,15-12-. The lowest BCUT2D eigenvalue weighted by Crippen LogP contribution is -2.08. The lowest BCUT2D eigenvalue weighted by molar-refractivity contribution is -0.138. The molecule has 18 heavy (non-hydrogen) atoms. The zero-order valence-electron chi connectivity index (χ0n) is 10.8. The maximum atomic E-state index is 11.9. The first kappa shape index (κ1) is 14.0. The van der Waals surface area contributed by atoms with Crippen molar-refractivity contribution in [1.29, 1.82) is 0 Å². The third kappa shape index (κ3) is 4.06. The summed E-state index contributed by atoms with van der Waals surface area (Å²) in [6, 6.07) is 9.65. The fourth-order valence-electron chi connectivity index (χ4n) is 1.50. The molecule has 2 nitrogen and oxygen atoms in total. The summed E-state index contributed by atoms with van der Waals surface area (Å²) in [7, 11) is 0. The summed E-state index contributed by atoms with van der Waals surface area (Å²) >= 11 is 0. The fraction of sp³-hybridized carbons (Fsp3) is 0.188. The van der Waals surface area contributed by atoms with Gasteiger partial charge in [-0.1, -0.05) is 49.1 Å². The van der Waals surface area contributed by atoms with Crippen LogP contribution in [-0.2, 0) is 9.53 Å². The first-order valence-corrected chi connectivity index (χ1v) is 5.94. The molecule has 0 bridgehead atoms. The van der Waals surface area contributed by atoms with E-state index in [1.165, 1.54) is 0 Å². The summed E-state index contributed by atoms with van der Waals surface area (Å²) in [5, 5.41) is 0. The van der Waals surface area contributed by atoms with Crippen LogP contribution in [0, 0.1) is 0 Å². The van der Waals surface area contributed by atoms with Crippen molar-refractivity contribution in [3.05, 3.63) is 65.8 Å². The van der Waals surface area contributed by atoms with Crippen LogP contribution < -0.4 is 0 Å². The predicted molar refractivity (Wildman–Crippen MR) is 75.0 cm³/mol. The van der Waals surface area contributed by atoms with Crippen LogP contribution >= 0.6 is 0 Å². The molecule has 0 heterocycles. The maximum Gasteiger partial charge on any atom is 0.338 e. The second kappa shape index (κ2) is 7.28. The number of carbonyl (C=O) groups is 1. The monoisotopic (exact) mass is 242 g/mol. The van der Waals surface area contributed by atoms with Crippen molar-refractivity contribution in [3.8, 4) is 0 Å². The van der Waals surface area contributed by atoms with E-state index in [-0.39, 0.29) is 5.97 Å². The largest absolute Gasteiger partial charge is 0.462 e. The number of benzene rings is 1. The molecule has 2 heteroatoms. The van der Waals surface area contributed by atoms with E-state index in [0.717, 1.165) is 5.56 Å². The molecule has 0 spiro atoms. The zero-order chi connectivity index (χ0) is 13.4. The molecule has 0 aromatic heterocycles. The number of ether oxygens (including phenoxy) is 1. The van der Waals surface area contributed by atoms with Crippen LogP contribution in [0.25, 0.3) is 6.08 Å². The summed E-state index contributed by atoms with van der Waals surface area (Å²) in [6.07, 6.45) is 5.44. The number of rotatable bonds is 5. The van der Waals surface area contributed by atoms with Gasteiger partial charge in [-0.3, -0.25) is 0 Å². The normalized spacial score (nSPS) is 11.6. The molecule has 1 aromatic carbocycles. The molecule has 0 amide bonds. The van der Waals surface area contributed by atoms with Gasteiger partial charge in [0.1, 0.15) is 0 Å². The molecule has 1 aromatic rings. The molecule has 0 aliphatic rings. The average Bonchev–Trinajstić information content (AvgIpc) is 2.37. The Bertz CT molecular complexity index is 467. The Morgan fingerprint density at radius 1 is 1.33 bits per heavy atom. The molecule has 0 fully saturated rings. The van der Waals surface area contributed by atoms with Crippen molar-refractivity contribution in [2.24, 2.45) is 0 Å². The Morgan fingerprint density at radius 3 is 2.56 bits per heavy atom. The van der Waals surface area contributed by atoms with E-state index in [1.807, 2.05) is 43.3 Å². The number of allylic oxidation sites excluding steroid dienone is 2. The Morgan fingerprint density at radius 2 is 2.00 bits per heavy atom. The van der Waals surface area contributed by atoms with E-state index >= 15 is 0 Å². The number of carbonyl (C=O) groups excluding carboxylic acids is 1. The highest BCUT2D eigenvalue weighted by atomic mass is 16.5. The van der Waals surface area contributed by atoms with Gasteiger partial charge in [0.05, 0.1) is 12.2 Å². The van der Waals surface area contributed by atoms with Crippen molar-refractivity contribution in [2.45, 2.75) is 13.8 Å². The third-order valence-corrected chi connectivity index (χ3v) is 2.32. The van der Waals surface area contributed by atoms with Crippen molar-refractivity contribution >= 4 is 12.0 Å². The summed E-state index contributed by atoms with van der Waals surface area (Å²) < 4.78 is 5.04. The smallest absolute Gasteiger partial charge is 0.338 e. The highest BCUT2D eigenvalue weighted by molar-refractivity contribution is 5.99. The highest BCUT2D eigenvalue weighted by Gasteiger charge is 2.12. The summed E-state index contributed by atoms with van der Waals surface area (Å²) in [4.78, 5) is 11.9. The van der Waals surface area contributed by atoms with E-state index in [9.17, 15) is 4.79 Å². The minimum absolute atomic E-state index is 0.343. The molecule has 0 saturated heterocycles. The van der Waals surface area contributed by atoms with Gasteiger partial charge in [-0.15, -0.1) is 0 Å². The van der Waals surface area contributed by atoms with E-state index < -0.39 is 0 Å². The lowest BCUT2D eigenvalue weighted by Gasteiger charge is -2.07. The molecule has 0 unspecified atom stereocenters. The van der Waals surface area contributed by atoms with Gasteiger partial charge in [0.15, 0.2) is 0 Å². The van der Waals surface area contributed by atoms with Gasteiger partial charge < -0.3 is 4.74 Å². The molecule has 0 aliphatic carbocycles. The van der Waals surface area contributed by atoms with Gasteiger partial charge in [0, 0.05) is 0 Å². The third-order valence-electron chi connectivity index (χ3n) is 2.32. The van der Waals surface area contributed by atoms with Crippen molar-refractivity contribution in [3.63, 3.8) is 0 Å². The Balaban J connectivity index is 3.08. The molecule has 0 saturated carbocycles. The summed E-state index contributed by atoms with van der Waals surface area (Å²) in [6.45, 7) is 7.92. The molecule has 0 atom stereocenters. The fourth-order valence-corrected chi connectivity index (χ4v) is 1.50. The Kier molecular flexibility index (Phi) is 5.65. The van der Waals surface area contributed by atoms with Crippen LogP contribution in [0.15, 0.2) is 60.2 Å². The quantitative estimate of drug-likeness (QED) is 0.446. The molecule has 1 rings (SSSR count). The molecular weight excluding hydrogens is 224 g/mol. The van der Waals surface area contributed by atoms with E-state index in [1.54, 1.807) is 19.1 Å². The van der Waals surface area contributed by atoms with Crippen LogP contribution in [0.3, 0.4) is 0 Å². The first-order chi connectivity index (χ1) is 8.69. The second-order valence-electron chi connectivity index (χ2n) is 3.71. The molecular formula is C16H18O2. The Labute approximate surface area is 108 Å². The summed E-state index contributed by atoms with van der Waals surface area (Å²) in [5.74, 6) is -0.343. The second-order valence-corrected chi connectivity index (χ2v) is 3.71. The topological polar surface area (TPSA) is 26.3 Å². The minimum atomic E-state index is -0.343. The predicted octanol–water partition coefficient (Wildman–Crippen LogP) is 3.77. The van der Waals surface area contributed by atoms with Crippen molar-refractivity contribution in [2.75, 3.05) is 6.61 Å². The van der Waals surface area contributed by atoms with E-state index in [4.69, 9.17) is 4.74 Å². The van der Waals surface area contributed by atoms with Gasteiger partial charge in [-0.25, -0.2) is 4.79 Å². The minimum Gasteiger partial charge on any atom is -0.462 e. The SMILES string of the molecule is C=C(/C=C/C)/C(=C/c1ccccc1)C(=O)OCC. The first-order valence-electron chi connectivity index (χ1n) is 5.94. The number of esters is 1. The molecule has 0 N–H and O–H groups in total. The van der Waals surface area contributed by atoms with Crippen molar-refractivity contribution < 1.29 is 9.53 Å². The Hall–Kier alpha value is -2.09. The lowest BCUT2D eigenvalue weighted by atomic mass is 10.0. The van der Waals surface area contributed by atoms with E-state index in [2.05, 4.69) is 6.58 Å². The van der Waals surface area contributed by atoms with Gasteiger partial charge >= 0.3 is 5.97 Å². The average molecular weight is 242 g/mol. The van der Waals surface area contributed by atoms with Crippen LogP contribution in [0.5, 0.6) is 0 Å². The van der Waals surface area contributed by atoms with E-state index in [0.29, 0.717) is 17.8 Å². The highest BCUT2D eigenvalue weighted by Crippen LogP contribution is 2.16. The van der Waals surface area contributed by atoms with Gasteiger partial charge in [-0.2, -0.15) is 0 Å². The summed E-state index contributed by atoms with van der Waals surface area (Å²) in [5.41, 5.74) is 2.09. The van der Waals surface area contributed by atoms with Gasteiger partial charge in [0.25, 0.3) is 0 Å². The van der Waals surface area contributed by atoms with Crippen LogP contribution in [-0.4, -0.2) is 12.6 Å². The number of hydrogen-bond donors (Lipinski definition) is 0. The van der Waals surface area contributed by atoms with Gasteiger partial charge in [0.2, 0.25) is 0 Å². The zero-order valence-corrected chi connectivity index (χ0v) is 10.8. The maximum absolute atomic E-state index is 11.9. The van der Waals surface area contributed by atoms with Crippen LogP contribution in [0.2, 0.25) is 0 Å². The van der Waals surface area contributed by atoms with Crippen LogP contribution in [0.4, 0.5) is 0 Å². The van der Waals surface area contributed by atoms with Gasteiger partial charge in [-0.05, 0) is 31.1 Å². The molecule has 0 radical (unpaired) electrons. The van der Waals surface area contributed by atoms with Crippen LogP contribution in [0.1, 0.15) is 19.4 Å².